The number of rotatable bonds is 2. The Kier molecular flexibility index (Phi) is 2.91. The van der Waals surface area contributed by atoms with Gasteiger partial charge in [0.05, 0.1) is 12.5 Å². The molecule has 3 heterocycles. The van der Waals surface area contributed by atoms with E-state index in [-0.39, 0.29) is 12.0 Å². The molecule has 3 aliphatic heterocycles. The molecule has 3 unspecified atom stereocenters. The van der Waals surface area contributed by atoms with Gasteiger partial charge in [-0.1, -0.05) is 18.2 Å². The number of fused-ring (bicyclic) bond motifs is 2. The van der Waals surface area contributed by atoms with Gasteiger partial charge in [-0.05, 0) is 31.0 Å². The van der Waals surface area contributed by atoms with E-state index in [0.717, 1.165) is 44.6 Å². The predicted octanol–water partition coefficient (Wildman–Crippen LogP) is 1.20. The maximum absolute atomic E-state index is 12.4. The highest BCUT2D eigenvalue weighted by Crippen LogP contribution is 2.31. The Hall–Kier alpha value is -1.55. The van der Waals surface area contributed by atoms with Crippen molar-refractivity contribution >= 4 is 5.91 Å². The minimum atomic E-state index is 0.122. The number of hydrogen-bond donors (Lipinski definition) is 1. The fraction of sp³-hybridized carbons (Fsp3) is 0.562. The van der Waals surface area contributed by atoms with Gasteiger partial charge < -0.3 is 15.0 Å². The molecule has 0 aromatic heterocycles. The van der Waals surface area contributed by atoms with Crippen molar-refractivity contribution in [1.82, 2.24) is 10.2 Å². The zero-order valence-corrected chi connectivity index (χ0v) is 11.5. The zero-order chi connectivity index (χ0) is 13.5. The Balaban J connectivity index is 1.42. The van der Waals surface area contributed by atoms with Crippen molar-refractivity contribution in [2.45, 2.75) is 31.4 Å². The van der Waals surface area contributed by atoms with E-state index in [9.17, 15) is 4.79 Å². The van der Waals surface area contributed by atoms with Crippen molar-refractivity contribution in [2.75, 3.05) is 19.6 Å². The molecule has 2 saturated heterocycles. The summed E-state index contributed by atoms with van der Waals surface area (Å²) >= 11 is 0. The number of benzene rings is 1. The fourth-order valence-electron chi connectivity index (χ4n) is 3.77. The lowest BCUT2D eigenvalue weighted by atomic mass is 9.94. The van der Waals surface area contributed by atoms with Gasteiger partial charge >= 0.3 is 0 Å². The average Bonchev–Trinajstić information content (AvgIpc) is 3.01. The van der Waals surface area contributed by atoms with Crippen molar-refractivity contribution < 1.29 is 9.53 Å². The number of para-hydroxylation sites is 1. The highest BCUT2D eigenvalue weighted by Gasteiger charge is 2.42. The number of nitrogens with zero attached hydrogens (tertiary/aromatic N) is 1. The van der Waals surface area contributed by atoms with Crippen LogP contribution in [-0.4, -0.2) is 42.6 Å². The molecule has 0 radical (unpaired) electrons. The minimum Gasteiger partial charge on any atom is -0.488 e. The Labute approximate surface area is 119 Å². The number of ether oxygens (including phenoxy) is 1. The monoisotopic (exact) mass is 272 g/mol. The van der Waals surface area contributed by atoms with Crippen LogP contribution in [0.4, 0.5) is 0 Å². The van der Waals surface area contributed by atoms with Crippen molar-refractivity contribution in [3.63, 3.8) is 0 Å². The van der Waals surface area contributed by atoms with Gasteiger partial charge in [-0.25, -0.2) is 0 Å². The van der Waals surface area contributed by atoms with Gasteiger partial charge in [-0.3, -0.25) is 4.79 Å². The van der Waals surface area contributed by atoms with Crippen LogP contribution >= 0.6 is 0 Å². The van der Waals surface area contributed by atoms with E-state index in [4.69, 9.17) is 4.74 Å². The molecule has 3 atom stereocenters. The van der Waals surface area contributed by atoms with Crippen LogP contribution in [-0.2, 0) is 11.2 Å². The second kappa shape index (κ2) is 4.77. The summed E-state index contributed by atoms with van der Waals surface area (Å²) in [4.78, 5) is 14.4. The molecule has 2 fully saturated rings. The highest BCUT2D eigenvalue weighted by atomic mass is 16.5. The van der Waals surface area contributed by atoms with Crippen LogP contribution in [0.15, 0.2) is 24.3 Å². The first-order valence-corrected chi connectivity index (χ1v) is 7.58. The van der Waals surface area contributed by atoms with E-state index in [1.54, 1.807) is 0 Å². The molecule has 0 bridgehead atoms. The number of piperidine rings is 1. The summed E-state index contributed by atoms with van der Waals surface area (Å²) in [5.41, 5.74) is 1.26. The minimum absolute atomic E-state index is 0.122. The van der Waals surface area contributed by atoms with Gasteiger partial charge in [0, 0.05) is 19.0 Å². The van der Waals surface area contributed by atoms with Gasteiger partial charge in [0.15, 0.2) is 0 Å². The summed E-state index contributed by atoms with van der Waals surface area (Å²) in [5.74, 6) is 1.51. The van der Waals surface area contributed by atoms with Crippen molar-refractivity contribution in [3.05, 3.63) is 29.8 Å². The summed E-state index contributed by atoms with van der Waals surface area (Å²) in [6, 6.07) is 8.54. The smallest absolute Gasteiger partial charge is 0.227 e. The van der Waals surface area contributed by atoms with Crippen LogP contribution in [0.3, 0.4) is 0 Å². The number of amides is 1. The zero-order valence-electron chi connectivity index (χ0n) is 11.5. The molecule has 3 aliphatic rings. The van der Waals surface area contributed by atoms with Gasteiger partial charge in [0.25, 0.3) is 0 Å². The number of carbonyl (C=O) groups is 1. The van der Waals surface area contributed by atoms with E-state index in [1.807, 2.05) is 23.1 Å². The third-order valence-electron chi connectivity index (χ3n) is 4.77. The van der Waals surface area contributed by atoms with Gasteiger partial charge in [0.1, 0.15) is 11.9 Å². The molecule has 106 valence electrons. The molecular formula is C16H20N2O2. The summed E-state index contributed by atoms with van der Waals surface area (Å²) in [7, 11) is 0. The lowest BCUT2D eigenvalue weighted by Gasteiger charge is -2.23. The van der Waals surface area contributed by atoms with Crippen molar-refractivity contribution in [2.24, 2.45) is 5.92 Å². The van der Waals surface area contributed by atoms with E-state index < -0.39 is 0 Å². The van der Waals surface area contributed by atoms with Crippen LogP contribution in [0.25, 0.3) is 0 Å². The first-order chi connectivity index (χ1) is 9.81. The number of likely N-dealkylation sites (tertiary alicyclic amines) is 1. The topological polar surface area (TPSA) is 41.6 Å². The lowest BCUT2D eigenvalue weighted by molar-refractivity contribution is -0.132. The average molecular weight is 272 g/mol. The molecule has 0 saturated carbocycles. The van der Waals surface area contributed by atoms with E-state index in [0.29, 0.717) is 11.9 Å². The van der Waals surface area contributed by atoms with Gasteiger partial charge in [-0.2, -0.15) is 0 Å². The third-order valence-corrected chi connectivity index (χ3v) is 4.77. The molecule has 4 nitrogen and oxygen atoms in total. The summed E-state index contributed by atoms with van der Waals surface area (Å²) in [6.45, 7) is 2.62. The Morgan fingerprint density at radius 2 is 2.25 bits per heavy atom. The van der Waals surface area contributed by atoms with Crippen LogP contribution in [0.2, 0.25) is 0 Å². The third kappa shape index (κ3) is 1.99. The van der Waals surface area contributed by atoms with E-state index in [2.05, 4.69) is 11.4 Å². The molecule has 1 aromatic rings. The van der Waals surface area contributed by atoms with Crippen molar-refractivity contribution in [3.8, 4) is 5.75 Å². The molecule has 1 aromatic carbocycles. The molecule has 1 N–H and O–H groups in total. The summed E-state index contributed by atoms with van der Waals surface area (Å²) in [5, 5.41) is 3.48. The molecule has 0 spiro atoms. The first-order valence-electron chi connectivity index (χ1n) is 7.58. The molecule has 0 aliphatic carbocycles. The quantitative estimate of drug-likeness (QED) is 0.879. The van der Waals surface area contributed by atoms with Crippen LogP contribution in [0, 0.1) is 5.92 Å². The lowest BCUT2D eigenvalue weighted by Crippen LogP contribution is -2.41. The number of hydrogen-bond acceptors (Lipinski definition) is 3. The summed E-state index contributed by atoms with van der Waals surface area (Å²) < 4.78 is 5.96. The fourth-order valence-corrected chi connectivity index (χ4v) is 3.77. The van der Waals surface area contributed by atoms with Crippen molar-refractivity contribution in [1.29, 1.82) is 0 Å². The molecule has 4 heteroatoms. The predicted molar refractivity (Wildman–Crippen MR) is 75.7 cm³/mol. The highest BCUT2D eigenvalue weighted by molar-refractivity contribution is 5.82. The molecule has 20 heavy (non-hydrogen) atoms. The second-order valence-corrected chi connectivity index (χ2v) is 6.10. The SMILES string of the molecule is O=C1C2CCCNC2CN1CC1Cc2ccccc2O1. The standard InChI is InChI=1S/C16H20N2O2/c19-16-13-5-3-7-17-14(13)10-18(16)9-12-8-11-4-1-2-6-15(11)20-12/h1-2,4,6,12-14,17H,3,5,7-10H2. The van der Waals surface area contributed by atoms with E-state index in [1.165, 1.54) is 5.56 Å². The Morgan fingerprint density at radius 1 is 1.35 bits per heavy atom. The second-order valence-electron chi connectivity index (χ2n) is 6.10. The Morgan fingerprint density at radius 3 is 3.10 bits per heavy atom. The summed E-state index contributed by atoms with van der Waals surface area (Å²) in [6.07, 6.45) is 3.20. The maximum Gasteiger partial charge on any atom is 0.227 e. The Bertz CT molecular complexity index is 506. The van der Waals surface area contributed by atoms with Gasteiger partial charge in [-0.15, -0.1) is 0 Å². The number of carbonyl (C=O) groups excluding carboxylic acids is 1. The molecular weight excluding hydrogens is 252 g/mol. The van der Waals surface area contributed by atoms with Crippen LogP contribution in [0.1, 0.15) is 18.4 Å². The first kappa shape index (κ1) is 12.2. The van der Waals surface area contributed by atoms with Crippen LogP contribution < -0.4 is 10.1 Å². The van der Waals surface area contributed by atoms with Gasteiger partial charge in [0.2, 0.25) is 5.91 Å². The van der Waals surface area contributed by atoms with E-state index >= 15 is 0 Å². The normalized spacial score (nSPS) is 31.9. The number of nitrogens with one attached hydrogen (secondary N) is 1. The maximum atomic E-state index is 12.4. The molecule has 1 amide bonds. The molecule has 4 rings (SSSR count). The largest absolute Gasteiger partial charge is 0.488 e. The van der Waals surface area contributed by atoms with Crippen LogP contribution in [0.5, 0.6) is 5.75 Å².